The molecule has 19 heavy (non-hydrogen) atoms. The predicted molar refractivity (Wildman–Crippen MR) is 73.4 cm³/mol. The van der Waals surface area contributed by atoms with E-state index in [1.54, 1.807) is 26.8 Å². The number of halogens is 1. The van der Waals surface area contributed by atoms with Crippen LogP contribution in [0.3, 0.4) is 0 Å². The Labute approximate surface area is 116 Å². The van der Waals surface area contributed by atoms with E-state index in [0.717, 1.165) is 0 Å². The zero-order valence-corrected chi connectivity index (χ0v) is 11.7. The molecule has 0 aliphatic rings. The highest BCUT2D eigenvalue weighted by atomic mass is 35.5. The molecule has 0 bridgehead atoms. The van der Waals surface area contributed by atoms with Gasteiger partial charge in [-0.15, -0.1) is 0 Å². The second-order valence-electron chi connectivity index (χ2n) is 4.04. The van der Waals surface area contributed by atoms with Crippen molar-refractivity contribution in [2.24, 2.45) is 0 Å². The van der Waals surface area contributed by atoms with Gasteiger partial charge in [0.15, 0.2) is 0 Å². The van der Waals surface area contributed by atoms with Crippen LogP contribution >= 0.6 is 11.6 Å². The Morgan fingerprint density at radius 1 is 1.42 bits per heavy atom. The molecule has 0 unspecified atom stereocenters. The summed E-state index contributed by atoms with van der Waals surface area (Å²) in [6, 6.07) is 2.87. The summed E-state index contributed by atoms with van der Waals surface area (Å²) in [5.41, 5.74) is 1.84. The number of esters is 1. The van der Waals surface area contributed by atoms with Gasteiger partial charge in [-0.25, -0.2) is 9.59 Å². The molecule has 0 heterocycles. The van der Waals surface area contributed by atoms with E-state index in [1.807, 2.05) is 0 Å². The van der Waals surface area contributed by atoms with Crippen molar-refractivity contribution >= 4 is 29.6 Å². The summed E-state index contributed by atoms with van der Waals surface area (Å²) in [4.78, 5) is 22.4. The molecule has 1 rings (SSSR count). The van der Waals surface area contributed by atoms with E-state index in [4.69, 9.17) is 21.4 Å². The van der Waals surface area contributed by atoms with Gasteiger partial charge in [0.05, 0.1) is 12.2 Å². The Morgan fingerprint density at radius 3 is 2.53 bits per heavy atom. The van der Waals surface area contributed by atoms with Gasteiger partial charge in [-0.1, -0.05) is 11.6 Å². The fourth-order valence-corrected chi connectivity index (χ4v) is 1.90. The summed E-state index contributed by atoms with van der Waals surface area (Å²) in [6.45, 7) is 5.39. The van der Waals surface area contributed by atoms with Gasteiger partial charge in [-0.2, -0.15) is 0 Å². The number of benzene rings is 1. The molecule has 0 aliphatic heterocycles. The standard InChI is InChI=1S/C14H15ClO4/c1-4-19-14(18)9(3)6-11-8(2)5-10(13(16)17)7-12(11)15/h5-7H,4H2,1-3H3,(H,16,17)/b9-6+. The van der Waals surface area contributed by atoms with E-state index in [9.17, 15) is 9.59 Å². The van der Waals surface area contributed by atoms with Gasteiger partial charge in [0, 0.05) is 10.6 Å². The van der Waals surface area contributed by atoms with Crippen molar-refractivity contribution in [3.63, 3.8) is 0 Å². The number of rotatable bonds is 4. The van der Waals surface area contributed by atoms with Crippen LogP contribution < -0.4 is 0 Å². The zero-order valence-electron chi connectivity index (χ0n) is 11.0. The number of carboxylic acids is 1. The van der Waals surface area contributed by atoms with Crippen LogP contribution in [0.1, 0.15) is 35.3 Å². The molecule has 0 spiro atoms. The maximum Gasteiger partial charge on any atom is 0.335 e. The number of ether oxygens (including phenoxy) is 1. The third kappa shape index (κ3) is 3.83. The Morgan fingerprint density at radius 2 is 2.05 bits per heavy atom. The molecular weight excluding hydrogens is 268 g/mol. The van der Waals surface area contributed by atoms with Crippen molar-refractivity contribution in [1.82, 2.24) is 0 Å². The van der Waals surface area contributed by atoms with Crippen LogP contribution in [-0.2, 0) is 9.53 Å². The molecule has 0 saturated carbocycles. The molecule has 0 radical (unpaired) electrons. The van der Waals surface area contributed by atoms with E-state index in [2.05, 4.69) is 0 Å². The molecule has 1 aromatic carbocycles. The van der Waals surface area contributed by atoms with E-state index < -0.39 is 11.9 Å². The van der Waals surface area contributed by atoms with Crippen LogP contribution in [0.4, 0.5) is 0 Å². The van der Waals surface area contributed by atoms with Gasteiger partial charge in [0.25, 0.3) is 0 Å². The molecule has 1 aromatic rings. The highest BCUT2D eigenvalue weighted by Crippen LogP contribution is 2.25. The lowest BCUT2D eigenvalue weighted by molar-refractivity contribution is -0.138. The SMILES string of the molecule is CCOC(=O)/C(C)=C/c1c(C)cc(C(=O)O)cc1Cl. The monoisotopic (exact) mass is 282 g/mol. The summed E-state index contributed by atoms with van der Waals surface area (Å²) in [7, 11) is 0. The first-order chi connectivity index (χ1) is 8.86. The lowest BCUT2D eigenvalue weighted by Gasteiger charge is -2.07. The van der Waals surface area contributed by atoms with E-state index in [1.165, 1.54) is 12.1 Å². The fraction of sp³-hybridized carbons (Fsp3) is 0.286. The predicted octanol–water partition coefficient (Wildman–Crippen LogP) is 3.31. The van der Waals surface area contributed by atoms with Gasteiger partial charge in [-0.05, 0) is 50.1 Å². The number of carboxylic acid groups (broad SMARTS) is 1. The first kappa shape index (κ1) is 15.2. The molecular formula is C14H15ClO4. The molecule has 0 atom stereocenters. The average molecular weight is 283 g/mol. The molecule has 4 nitrogen and oxygen atoms in total. The molecule has 0 amide bonds. The Kier molecular flexibility index (Phi) is 5.12. The maximum absolute atomic E-state index is 11.5. The number of aromatic carboxylic acids is 1. The van der Waals surface area contributed by atoms with Crippen LogP contribution in [0.2, 0.25) is 5.02 Å². The van der Waals surface area contributed by atoms with Gasteiger partial charge in [-0.3, -0.25) is 0 Å². The second-order valence-corrected chi connectivity index (χ2v) is 4.45. The minimum absolute atomic E-state index is 0.119. The third-order valence-corrected chi connectivity index (χ3v) is 2.85. The van der Waals surface area contributed by atoms with Crippen molar-refractivity contribution in [3.8, 4) is 0 Å². The van der Waals surface area contributed by atoms with E-state index in [-0.39, 0.29) is 5.56 Å². The fourth-order valence-electron chi connectivity index (χ4n) is 1.58. The third-order valence-electron chi connectivity index (χ3n) is 2.54. The molecule has 0 aliphatic carbocycles. The van der Waals surface area contributed by atoms with Crippen LogP contribution in [0, 0.1) is 6.92 Å². The van der Waals surface area contributed by atoms with Crippen molar-refractivity contribution in [2.45, 2.75) is 20.8 Å². The van der Waals surface area contributed by atoms with Crippen LogP contribution in [0.5, 0.6) is 0 Å². The molecule has 0 fully saturated rings. The lowest BCUT2D eigenvalue weighted by atomic mass is 10.0. The molecule has 102 valence electrons. The summed E-state index contributed by atoms with van der Waals surface area (Å²) < 4.78 is 4.87. The number of aryl methyl sites for hydroxylation is 1. The Bertz CT molecular complexity index is 523. The number of hydrogen-bond donors (Lipinski definition) is 1. The van der Waals surface area contributed by atoms with Crippen molar-refractivity contribution in [3.05, 3.63) is 39.4 Å². The van der Waals surface area contributed by atoms with Gasteiger partial charge >= 0.3 is 11.9 Å². The average Bonchev–Trinajstić information content (AvgIpc) is 2.33. The highest BCUT2D eigenvalue weighted by molar-refractivity contribution is 6.32. The first-order valence-corrected chi connectivity index (χ1v) is 6.13. The second kappa shape index (κ2) is 6.38. The normalized spacial score (nSPS) is 11.3. The van der Waals surface area contributed by atoms with Crippen LogP contribution in [0.15, 0.2) is 17.7 Å². The number of hydrogen-bond acceptors (Lipinski definition) is 3. The minimum Gasteiger partial charge on any atom is -0.478 e. The lowest BCUT2D eigenvalue weighted by Crippen LogP contribution is -2.05. The van der Waals surface area contributed by atoms with Gasteiger partial charge in [0.2, 0.25) is 0 Å². The summed E-state index contributed by atoms with van der Waals surface area (Å²) in [5.74, 6) is -1.46. The Balaban J connectivity index is 3.19. The summed E-state index contributed by atoms with van der Waals surface area (Å²) >= 11 is 6.04. The first-order valence-electron chi connectivity index (χ1n) is 5.75. The number of carbonyl (C=O) groups is 2. The largest absolute Gasteiger partial charge is 0.478 e. The van der Waals surface area contributed by atoms with Crippen molar-refractivity contribution < 1.29 is 19.4 Å². The molecule has 0 aromatic heterocycles. The zero-order chi connectivity index (χ0) is 14.6. The summed E-state index contributed by atoms with van der Waals surface area (Å²) in [6.07, 6.45) is 1.60. The molecule has 0 saturated heterocycles. The van der Waals surface area contributed by atoms with Crippen molar-refractivity contribution in [2.75, 3.05) is 6.61 Å². The highest BCUT2D eigenvalue weighted by Gasteiger charge is 2.11. The topological polar surface area (TPSA) is 63.6 Å². The van der Waals surface area contributed by atoms with E-state index in [0.29, 0.717) is 28.3 Å². The van der Waals surface area contributed by atoms with Crippen LogP contribution in [-0.4, -0.2) is 23.7 Å². The summed E-state index contributed by atoms with van der Waals surface area (Å²) in [5, 5.41) is 9.21. The van der Waals surface area contributed by atoms with Gasteiger partial charge < -0.3 is 9.84 Å². The number of carbonyl (C=O) groups excluding carboxylic acids is 1. The quantitative estimate of drug-likeness (QED) is 0.680. The Hall–Kier alpha value is -1.81. The van der Waals surface area contributed by atoms with E-state index >= 15 is 0 Å². The van der Waals surface area contributed by atoms with Crippen LogP contribution in [0.25, 0.3) is 6.08 Å². The molecule has 1 N–H and O–H groups in total. The minimum atomic E-state index is -1.04. The van der Waals surface area contributed by atoms with Crippen molar-refractivity contribution in [1.29, 1.82) is 0 Å². The smallest absolute Gasteiger partial charge is 0.335 e. The maximum atomic E-state index is 11.5. The molecule has 5 heteroatoms. The van der Waals surface area contributed by atoms with Gasteiger partial charge in [0.1, 0.15) is 0 Å².